The van der Waals surface area contributed by atoms with Crippen LogP contribution in [0.15, 0.2) is 28.2 Å². The number of anilines is 1. The molecule has 0 radical (unpaired) electrons. The zero-order chi connectivity index (χ0) is 19.0. The SMILES string of the molecule is Oc1c(Cl)cc(Br)cc1-c1csc(-c2ncc(F)c(N3CCOCC3)n2)n1. The van der Waals surface area contributed by atoms with Crippen molar-refractivity contribution in [2.75, 3.05) is 31.2 Å². The molecule has 1 saturated heterocycles. The van der Waals surface area contributed by atoms with Gasteiger partial charge in [-0.25, -0.2) is 19.3 Å². The summed E-state index contributed by atoms with van der Waals surface area (Å²) in [6, 6.07) is 3.33. The van der Waals surface area contributed by atoms with E-state index in [0.29, 0.717) is 48.4 Å². The lowest BCUT2D eigenvalue weighted by Gasteiger charge is -2.27. The number of aromatic hydroxyl groups is 1. The van der Waals surface area contributed by atoms with Gasteiger partial charge in [0.25, 0.3) is 0 Å². The molecular weight excluding hydrogens is 459 g/mol. The molecule has 0 unspecified atom stereocenters. The number of aromatic nitrogens is 3. The molecule has 1 N–H and O–H groups in total. The zero-order valence-corrected chi connectivity index (χ0v) is 17.0. The molecule has 1 aromatic carbocycles. The van der Waals surface area contributed by atoms with Crippen molar-refractivity contribution in [3.63, 3.8) is 0 Å². The van der Waals surface area contributed by atoms with Crippen molar-refractivity contribution in [3.05, 3.63) is 39.0 Å². The Hall–Kier alpha value is -1.81. The molecule has 0 atom stereocenters. The lowest BCUT2D eigenvalue weighted by Crippen LogP contribution is -2.37. The third kappa shape index (κ3) is 3.77. The van der Waals surface area contributed by atoms with E-state index < -0.39 is 5.82 Å². The highest BCUT2D eigenvalue weighted by atomic mass is 79.9. The smallest absolute Gasteiger partial charge is 0.190 e. The number of rotatable bonds is 3. The highest BCUT2D eigenvalue weighted by Gasteiger charge is 2.20. The number of benzene rings is 1. The van der Waals surface area contributed by atoms with Crippen molar-refractivity contribution < 1.29 is 14.2 Å². The molecule has 1 aliphatic heterocycles. The molecule has 1 aliphatic rings. The van der Waals surface area contributed by atoms with Crippen LogP contribution in [0, 0.1) is 5.82 Å². The average Bonchev–Trinajstić information content (AvgIpc) is 3.15. The fraction of sp³-hybridized carbons (Fsp3) is 0.235. The largest absolute Gasteiger partial charge is 0.506 e. The number of ether oxygens (including phenoxy) is 1. The van der Waals surface area contributed by atoms with Crippen molar-refractivity contribution in [1.82, 2.24) is 15.0 Å². The Morgan fingerprint density at radius 2 is 2.04 bits per heavy atom. The molecule has 3 heterocycles. The number of phenols is 1. The predicted molar refractivity (Wildman–Crippen MR) is 106 cm³/mol. The second kappa shape index (κ2) is 7.67. The first-order chi connectivity index (χ1) is 13.0. The Bertz CT molecular complexity index is 997. The van der Waals surface area contributed by atoms with Crippen LogP contribution in [0.25, 0.3) is 22.1 Å². The molecule has 10 heteroatoms. The summed E-state index contributed by atoms with van der Waals surface area (Å²) < 4.78 is 20.2. The van der Waals surface area contributed by atoms with E-state index in [9.17, 15) is 9.50 Å². The maximum atomic E-state index is 14.2. The van der Waals surface area contributed by atoms with Crippen molar-refractivity contribution in [1.29, 1.82) is 0 Å². The number of nitrogens with zero attached hydrogens (tertiary/aromatic N) is 4. The van der Waals surface area contributed by atoms with E-state index in [0.717, 1.165) is 10.7 Å². The summed E-state index contributed by atoms with van der Waals surface area (Å²) in [5.41, 5.74) is 1.03. The van der Waals surface area contributed by atoms with Crippen LogP contribution >= 0.6 is 38.9 Å². The number of phenolic OH excluding ortho intramolecular Hbond substituents is 1. The maximum Gasteiger partial charge on any atom is 0.190 e. The van der Waals surface area contributed by atoms with E-state index >= 15 is 0 Å². The number of thiazole rings is 1. The summed E-state index contributed by atoms with van der Waals surface area (Å²) in [4.78, 5) is 14.8. The quantitative estimate of drug-likeness (QED) is 0.612. The van der Waals surface area contributed by atoms with Crippen LogP contribution in [0.1, 0.15) is 0 Å². The van der Waals surface area contributed by atoms with Gasteiger partial charge in [0.15, 0.2) is 22.5 Å². The van der Waals surface area contributed by atoms with Gasteiger partial charge in [-0.1, -0.05) is 27.5 Å². The fourth-order valence-corrected chi connectivity index (χ4v) is 4.29. The van der Waals surface area contributed by atoms with E-state index in [1.54, 1.807) is 17.5 Å². The van der Waals surface area contributed by atoms with Gasteiger partial charge in [-0.2, -0.15) is 0 Å². The van der Waals surface area contributed by atoms with Crippen LogP contribution in [0.3, 0.4) is 0 Å². The van der Waals surface area contributed by atoms with Crippen LogP contribution in [0.2, 0.25) is 5.02 Å². The molecule has 140 valence electrons. The van der Waals surface area contributed by atoms with Gasteiger partial charge in [0, 0.05) is 28.5 Å². The lowest BCUT2D eigenvalue weighted by atomic mass is 10.1. The summed E-state index contributed by atoms with van der Waals surface area (Å²) in [5.74, 6) is 0.0442. The van der Waals surface area contributed by atoms with Crippen molar-refractivity contribution in [2.45, 2.75) is 0 Å². The van der Waals surface area contributed by atoms with Crippen LogP contribution in [-0.2, 0) is 4.74 Å². The van der Waals surface area contributed by atoms with Gasteiger partial charge in [-0.3, -0.25) is 0 Å². The second-order valence-electron chi connectivity index (χ2n) is 5.79. The number of morpholine rings is 1. The van der Waals surface area contributed by atoms with Gasteiger partial charge in [0.05, 0.1) is 30.1 Å². The van der Waals surface area contributed by atoms with E-state index in [1.807, 2.05) is 4.90 Å². The van der Waals surface area contributed by atoms with Gasteiger partial charge in [-0.15, -0.1) is 11.3 Å². The molecule has 3 aromatic rings. The maximum absolute atomic E-state index is 14.2. The third-order valence-electron chi connectivity index (χ3n) is 4.04. The Balaban J connectivity index is 1.70. The van der Waals surface area contributed by atoms with E-state index in [-0.39, 0.29) is 16.6 Å². The van der Waals surface area contributed by atoms with Gasteiger partial charge in [0.1, 0.15) is 5.75 Å². The van der Waals surface area contributed by atoms with E-state index in [4.69, 9.17) is 16.3 Å². The minimum Gasteiger partial charge on any atom is -0.506 e. The van der Waals surface area contributed by atoms with Crippen LogP contribution < -0.4 is 4.90 Å². The van der Waals surface area contributed by atoms with Crippen molar-refractivity contribution in [3.8, 4) is 27.8 Å². The Kier molecular flexibility index (Phi) is 5.27. The highest BCUT2D eigenvalue weighted by Crippen LogP contribution is 2.39. The molecular formula is C17H13BrClFN4O2S. The third-order valence-corrected chi connectivity index (χ3v) is 5.62. The minimum absolute atomic E-state index is 0.0502. The first-order valence-corrected chi connectivity index (χ1v) is 10.1. The number of halogens is 3. The van der Waals surface area contributed by atoms with Gasteiger partial charge < -0.3 is 14.7 Å². The standard InChI is InChI=1S/C17H13BrClFN4O2S/c18-9-5-10(14(25)11(19)6-9)13-8-27-17(22-13)15-21-7-12(20)16(23-15)24-1-3-26-4-2-24/h5-8,25H,1-4H2. The van der Waals surface area contributed by atoms with Crippen LogP contribution in [-0.4, -0.2) is 46.4 Å². The molecule has 4 rings (SSSR count). The first kappa shape index (κ1) is 18.5. The summed E-state index contributed by atoms with van der Waals surface area (Å²) in [5, 5.41) is 12.7. The minimum atomic E-state index is -0.478. The predicted octanol–water partition coefficient (Wildman–Crippen LogP) is 4.36. The van der Waals surface area contributed by atoms with E-state index in [2.05, 4.69) is 30.9 Å². The summed E-state index contributed by atoms with van der Waals surface area (Å²) in [6.45, 7) is 2.20. The van der Waals surface area contributed by atoms with Gasteiger partial charge in [-0.05, 0) is 12.1 Å². The molecule has 27 heavy (non-hydrogen) atoms. The number of hydrogen-bond acceptors (Lipinski definition) is 7. The molecule has 1 fully saturated rings. The number of hydrogen-bond donors (Lipinski definition) is 1. The average molecular weight is 472 g/mol. The highest BCUT2D eigenvalue weighted by molar-refractivity contribution is 9.10. The molecule has 0 saturated carbocycles. The topological polar surface area (TPSA) is 71.4 Å². The van der Waals surface area contributed by atoms with Gasteiger partial charge in [0.2, 0.25) is 0 Å². The van der Waals surface area contributed by atoms with Crippen LogP contribution in [0.4, 0.5) is 10.2 Å². The molecule has 0 amide bonds. The normalized spacial score (nSPS) is 14.6. The Morgan fingerprint density at radius 1 is 1.26 bits per heavy atom. The Morgan fingerprint density at radius 3 is 2.81 bits per heavy atom. The van der Waals surface area contributed by atoms with Crippen molar-refractivity contribution in [2.24, 2.45) is 0 Å². The summed E-state index contributed by atoms with van der Waals surface area (Å²) in [7, 11) is 0. The fourth-order valence-electron chi connectivity index (χ4n) is 2.72. The monoisotopic (exact) mass is 470 g/mol. The van der Waals surface area contributed by atoms with E-state index in [1.165, 1.54) is 11.3 Å². The Labute approximate surface area is 171 Å². The van der Waals surface area contributed by atoms with Crippen molar-refractivity contribution >= 4 is 44.7 Å². The second-order valence-corrected chi connectivity index (χ2v) is 7.97. The molecule has 2 aromatic heterocycles. The summed E-state index contributed by atoms with van der Waals surface area (Å²) >= 11 is 10.7. The first-order valence-electron chi connectivity index (χ1n) is 8.02. The van der Waals surface area contributed by atoms with Crippen LogP contribution in [0.5, 0.6) is 5.75 Å². The summed E-state index contributed by atoms with van der Waals surface area (Å²) in [6.07, 6.45) is 1.15. The zero-order valence-electron chi connectivity index (χ0n) is 13.8. The molecule has 0 bridgehead atoms. The lowest BCUT2D eigenvalue weighted by molar-refractivity contribution is 0.122. The molecule has 6 nitrogen and oxygen atoms in total. The molecule has 0 spiro atoms. The molecule has 0 aliphatic carbocycles. The van der Waals surface area contributed by atoms with Gasteiger partial charge >= 0.3 is 0 Å².